The van der Waals surface area contributed by atoms with Gasteiger partial charge in [0.05, 0.1) is 7.11 Å². The van der Waals surface area contributed by atoms with E-state index < -0.39 is 0 Å². The van der Waals surface area contributed by atoms with Crippen LogP contribution in [0.15, 0.2) is 66.7 Å². The summed E-state index contributed by atoms with van der Waals surface area (Å²) in [7, 11) is 1.61. The molecule has 136 valence electrons. The van der Waals surface area contributed by atoms with Gasteiger partial charge in [-0.05, 0) is 54.6 Å². The molecule has 1 aliphatic rings. The summed E-state index contributed by atoms with van der Waals surface area (Å²) >= 11 is 0. The van der Waals surface area contributed by atoms with Crippen molar-refractivity contribution >= 4 is 11.6 Å². The summed E-state index contributed by atoms with van der Waals surface area (Å²) in [6.07, 6.45) is 0. The van der Waals surface area contributed by atoms with E-state index in [0.29, 0.717) is 34.2 Å². The molecule has 1 heterocycles. The largest absolute Gasteiger partial charge is 0.497 e. The Kier molecular flexibility index (Phi) is 4.53. The monoisotopic (exact) mass is 363 g/mol. The molecule has 4 rings (SSSR count). The Labute approximate surface area is 156 Å². The molecule has 3 aromatic rings. The van der Waals surface area contributed by atoms with Gasteiger partial charge in [0.1, 0.15) is 17.2 Å². The molecule has 1 amide bonds. The van der Waals surface area contributed by atoms with Crippen molar-refractivity contribution in [1.29, 1.82) is 0 Å². The van der Waals surface area contributed by atoms with Crippen molar-refractivity contribution in [1.82, 2.24) is 0 Å². The van der Waals surface area contributed by atoms with E-state index in [-0.39, 0.29) is 12.7 Å². The molecule has 1 aliphatic heterocycles. The molecule has 0 saturated carbocycles. The molecule has 0 spiro atoms. The van der Waals surface area contributed by atoms with Gasteiger partial charge in [0.2, 0.25) is 6.79 Å². The van der Waals surface area contributed by atoms with E-state index in [9.17, 15) is 4.79 Å². The quantitative estimate of drug-likeness (QED) is 0.725. The second-order valence-electron chi connectivity index (χ2n) is 5.83. The molecule has 0 atom stereocenters. The van der Waals surface area contributed by atoms with E-state index in [4.69, 9.17) is 18.9 Å². The average molecular weight is 363 g/mol. The van der Waals surface area contributed by atoms with Crippen LogP contribution in [0.2, 0.25) is 0 Å². The van der Waals surface area contributed by atoms with Crippen molar-refractivity contribution in [2.24, 2.45) is 0 Å². The van der Waals surface area contributed by atoms with Crippen LogP contribution in [0, 0.1) is 0 Å². The smallest absolute Gasteiger partial charge is 0.255 e. The van der Waals surface area contributed by atoms with Crippen molar-refractivity contribution in [3.63, 3.8) is 0 Å². The van der Waals surface area contributed by atoms with Crippen molar-refractivity contribution in [2.75, 3.05) is 19.2 Å². The van der Waals surface area contributed by atoms with Gasteiger partial charge in [0.15, 0.2) is 11.5 Å². The fourth-order valence-corrected chi connectivity index (χ4v) is 2.65. The highest BCUT2D eigenvalue weighted by Gasteiger charge is 2.16. The molecule has 0 saturated heterocycles. The standard InChI is InChI=1S/C21H17NO5/c1-24-17-3-2-4-18(12-17)27-16-8-6-15(7-9-16)22-21(23)14-5-10-19-20(11-14)26-13-25-19/h2-12H,13H2,1H3,(H,22,23). The summed E-state index contributed by atoms with van der Waals surface area (Å²) in [6.45, 7) is 0.176. The van der Waals surface area contributed by atoms with E-state index in [1.165, 1.54) is 0 Å². The number of rotatable bonds is 5. The van der Waals surface area contributed by atoms with Gasteiger partial charge in [0, 0.05) is 17.3 Å². The van der Waals surface area contributed by atoms with Crippen molar-refractivity contribution in [2.45, 2.75) is 0 Å². The van der Waals surface area contributed by atoms with Crippen LogP contribution < -0.4 is 24.3 Å². The first-order valence-electron chi connectivity index (χ1n) is 8.34. The Balaban J connectivity index is 1.42. The van der Waals surface area contributed by atoms with Crippen molar-refractivity contribution < 1.29 is 23.7 Å². The van der Waals surface area contributed by atoms with Gasteiger partial charge in [-0.3, -0.25) is 4.79 Å². The Bertz CT molecular complexity index is 969. The summed E-state index contributed by atoms with van der Waals surface area (Å²) < 4.78 is 21.5. The number of hydrogen-bond donors (Lipinski definition) is 1. The Morgan fingerprint density at radius 1 is 0.889 bits per heavy atom. The van der Waals surface area contributed by atoms with Gasteiger partial charge in [-0.15, -0.1) is 0 Å². The third-order valence-electron chi connectivity index (χ3n) is 4.02. The zero-order valence-corrected chi connectivity index (χ0v) is 14.6. The molecule has 0 bridgehead atoms. The number of anilines is 1. The molecular weight excluding hydrogens is 346 g/mol. The predicted octanol–water partition coefficient (Wildman–Crippen LogP) is 4.47. The average Bonchev–Trinajstić information content (AvgIpc) is 3.17. The molecule has 0 radical (unpaired) electrons. The molecule has 6 nitrogen and oxygen atoms in total. The topological polar surface area (TPSA) is 66.0 Å². The van der Waals surface area contributed by atoms with Crippen molar-refractivity contribution in [3.05, 3.63) is 72.3 Å². The SMILES string of the molecule is COc1cccc(Oc2ccc(NC(=O)c3ccc4c(c3)OCO4)cc2)c1. The minimum atomic E-state index is -0.227. The minimum Gasteiger partial charge on any atom is -0.497 e. The van der Waals surface area contributed by atoms with Crippen LogP contribution in [0.1, 0.15) is 10.4 Å². The molecule has 27 heavy (non-hydrogen) atoms. The van der Waals surface area contributed by atoms with Gasteiger partial charge in [0.25, 0.3) is 5.91 Å². The van der Waals surface area contributed by atoms with Gasteiger partial charge in [-0.1, -0.05) is 6.07 Å². The fraction of sp³-hybridized carbons (Fsp3) is 0.0952. The van der Waals surface area contributed by atoms with Gasteiger partial charge >= 0.3 is 0 Å². The van der Waals surface area contributed by atoms with Crippen LogP contribution in [-0.4, -0.2) is 19.8 Å². The number of ether oxygens (including phenoxy) is 4. The lowest BCUT2D eigenvalue weighted by Crippen LogP contribution is -2.11. The highest BCUT2D eigenvalue weighted by molar-refractivity contribution is 6.04. The number of methoxy groups -OCH3 is 1. The van der Waals surface area contributed by atoms with Crippen molar-refractivity contribution in [3.8, 4) is 28.7 Å². The second kappa shape index (κ2) is 7.29. The summed E-state index contributed by atoms with van der Waals surface area (Å²) in [5.41, 5.74) is 1.16. The first kappa shape index (κ1) is 16.8. The van der Waals surface area contributed by atoms with Gasteiger partial charge in [-0.25, -0.2) is 0 Å². The maximum absolute atomic E-state index is 12.4. The van der Waals surface area contributed by atoms with Crippen LogP contribution in [0.5, 0.6) is 28.7 Å². The van der Waals surface area contributed by atoms with Crippen LogP contribution in [0.4, 0.5) is 5.69 Å². The highest BCUT2D eigenvalue weighted by Crippen LogP contribution is 2.33. The molecular formula is C21H17NO5. The number of carbonyl (C=O) groups excluding carboxylic acids is 1. The lowest BCUT2D eigenvalue weighted by Gasteiger charge is -2.09. The van der Waals surface area contributed by atoms with Crippen LogP contribution >= 0.6 is 0 Å². The number of carbonyl (C=O) groups is 1. The Morgan fingerprint density at radius 2 is 1.67 bits per heavy atom. The second-order valence-corrected chi connectivity index (χ2v) is 5.83. The summed E-state index contributed by atoms with van der Waals surface area (Å²) in [6, 6.07) is 19.6. The lowest BCUT2D eigenvalue weighted by atomic mass is 10.2. The number of fused-ring (bicyclic) bond motifs is 1. The van der Waals surface area contributed by atoms with E-state index >= 15 is 0 Å². The normalized spacial score (nSPS) is 11.7. The highest BCUT2D eigenvalue weighted by atomic mass is 16.7. The van der Waals surface area contributed by atoms with Crippen LogP contribution in [0.25, 0.3) is 0 Å². The van der Waals surface area contributed by atoms with E-state index in [1.54, 1.807) is 55.6 Å². The predicted molar refractivity (Wildman–Crippen MR) is 100 cm³/mol. The Morgan fingerprint density at radius 3 is 2.48 bits per heavy atom. The van der Waals surface area contributed by atoms with E-state index in [0.717, 1.165) is 5.75 Å². The maximum Gasteiger partial charge on any atom is 0.255 e. The third-order valence-corrected chi connectivity index (χ3v) is 4.02. The number of benzene rings is 3. The molecule has 3 aromatic carbocycles. The number of nitrogens with one attached hydrogen (secondary N) is 1. The fourth-order valence-electron chi connectivity index (χ4n) is 2.65. The maximum atomic E-state index is 12.4. The number of hydrogen-bond acceptors (Lipinski definition) is 5. The third kappa shape index (κ3) is 3.79. The number of amides is 1. The molecule has 6 heteroatoms. The van der Waals surface area contributed by atoms with E-state index in [1.807, 2.05) is 18.2 Å². The molecule has 1 N–H and O–H groups in total. The first-order chi connectivity index (χ1) is 13.2. The molecule has 0 unspecified atom stereocenters. The zero-order valence-electron chi connectivity index (χ0n) is 14.6. The zero-order chi connectivity index (χ0) is 18.6. The molecule has 0 aliphatic carbocycles. The Hall–Kier alpha value is -3.67. The van der Waals surface area contributed by atoms with Gasteiger partial charge in [-0.2, -0.15) is 0 Å². The molecule has 0 fully saturated rings. The summed E-state index contributed by atoms with van der Waals surface area (Å²) in [5.74, 6) is 3.04. The summed E-state index contributed by atoms with van der Waals surface area (Å²) in [4.78, 5) is 12.4. The first-order valence-corrected chi connectivity index (χ1v) is 8.34. The minimum absolute atomic E-state index is 0.176. The lowest BCUT2D eigenvalue weighted by molar-refractivity contribution is 0.102. The van der Waals surface area contributed by atoms with Crippen LogP contribution in [-0.2, 0) is 0 Å². The molecule has 0 aromatic heterocycles. The van der Waals surface area contributed by atoms with Gasteiger partial charge < -0.3 is 24.3 Å². The summed E-state index contributed by atoms with van der Waals surface area (Å²) in [5, 5.41) is 2.85. The van der Waals surface area contributed by atoms with E-state index in [2.05, 4.69) is 5.32 Å². The van der Waals surface area contributed by atoms with Crippen LogP contribution in [0.3, 0.4) is 0 Å².